The Balaban J connectivity index is 2.40. The molecule has 17 heavy (non-hydrogen) atoms. The SMILES string of the molecule is C#CCCC(CSc1ccc(F)cc1)NCC. The Morgan fingerprint density at radius 2 is 2.12 bits per heavy atom. The molecule has 0 aliphatic rings. The van der Waals surface area contributed by atoms with Gasteiger partial charge in [0.15, 0.2) is 0 Å². The number of halogens is 1. The molecule has 0 amide bonds. The summed E-state index contributed by atoms with van der Waals surface area (Å²) in [5.41, 5.74) is 0. The van der Waals surface area contributed by atoms with Crippen molar-refractivity contribution in [2.45, 2.75) is 30.7 Å². The van der Waals surface area contributed by atoms with Gasteiger partial charge in [-0.2, -0.15) is 0 Å². The second-order valence-electron chi connectivity index (χ2n) is 3.76. The van der Waals surface area contributed by atoms with Crippen LogP contribution in [0.3, 0.4) is 0 Å². The van der Waals surface area contributed by atoms with Crippen LogP contribution in [0.25, 0.3) is 0 Å². The van der Waals surface area contributed by atoms with Crippen LogP contribution < -0.4 is 5.32 Å². The molecule has 1 aromatic carbocycles. The van der Waals surface area contributed by atoms with E-state index in [9.17, 15) is 4.39 Å². The predicted molar refractivity (Wildman–Crippen MR) is 72.7 cm³/mol. The number of benzene rings is 1. The molecule has 0 aliphatic heterocycles. The molecular formula is C14H18FNS. The van der Waals surface area contributed by atoms with E-state index in [0.717, 1.165) is 30.0 Å². The molecule has 1 rings (SSSR count). The number of rotatable bonds is 7. The van der Waals surface area contributed by atoms with Gasteiger partial charge in [0.25, 0.3) is 0 Å². The molecule has 0 aromatic heterocycles. The molecule has 1 atom stereocenters. The van der Waals surface area contributed by atoms with Gasteiger partial charge in [0.05, 0.1) is 0 Å². The monoisotopic (exact) mass is 251 g/mol. The van der Waals surface area contributed by atoms with Crippen LogP contribution in [0, 0.1) is 18.2 Å². The van der Waals surface area contributed by atoms with Gasteiger partial charge in [-0.1, -0.05) is 6.92 Å². The predicted octanol–water partition coefficient (Wildman–Crippen LogP) is 3.31. The molecule has 0 saturated carbocycles. The summed E-state index contributed by atoms with van der Waals surface area (Å²) in [6, 6.07) is 7.03. The third kappa shape index (κ3) is 5.76. The van der Waals surface area contributed by atoms with Gasteiger partial charge in [-0.3, -0.25) is 0 Å². The van der Waals surface area contributed by atoms with E-state index in [4.69, 9.17) is 6.42 Å². The first-order chi connectivity index (χ1) is 8.26. The largest absolute Gasteiger partial charge is 0.313 e. The van der Waals surface area contributed by atoms with Crippen LogP contribution in [0.5, 0.6) is 0 Å². The Morgan fingerprint density at radius 1 is 1.41 bits per heavy atom. The maximum absolute atomic E-state index is 12.7. The van der Waals surface area contributed by atoms with Crippen molar-refractivity contribution in [1.29, 1.82) is 0 Å². The lowest BCUT2D eigenvalue weighted by Gasteiger charge is -2.16. The molecule has 0 heterocycles. The van der Waals surface area contributed by atoms with E-state index in [1.165, 1.54) is 12.1 Å². The molecule has 0 saturated heterocycles. The van der Waals surface area contributed by atoms with Crippen molar-refractivity contribution < 1.29 is 4.39 Å². The third-order valence-electron chi connectivity index (χ3n) is 2.39. The molecule has 1 unspecified atom stereocenters. The topological polar surface area (TPSA) is 12.0 Å². The first-order valence-electron chi connectivity index (χ1n) is 5.81. The molecule has 0 bridgehead atoms. The highest BCUT2D eigenvalue weighted by atomic mass is 32.2. The summed E-state index contributed by atoms with van der Waals surface area (Å²) >= 11 is 1.73. The lowest BCUT2D eigenvalue weighted by Crippen LogP contribution is -2.30. The Hall–Kier alpha value is -0.980. The van der Waals surface area contributed by atoms with Crippen molar-refractivity contribution in [3.8, 4) is 12.3 Å². The molecule has 0 spiro atoms. The molecule has 1 nitrogen and oxygen atoms in total. The van der Waals surface area contributed by atoms with Crippen LogP contribution in [-0.2, 0) is 0 Å². The average molecular weight is 251 g/mol. The van der Waals surface area contributed by atoms with Gasteiger partial charge in [0.1, 0.15) is 5.82 Å². The van der Waals surface area contributed by atoms with E-state index in [0.29, 0.717) is 6.04 Å². The number of nitrogens with one attached hydrogen (secondary N) is 1. The lowest BCUT2D eigenvalue weighted by atomic mass is 10.2. The van der Waals surface area contributed by atoms with E-state index < -0.39 is 0 Å². The fraction of sp³-hybridized carbons (Fsp3) is 0.429. The van der Waals surface area contributed by atoms with Gasteiger partial charge in [-0.25, -0.2) is 4.39 Å². The van der Waals surface area contributed by atoms with Crippen LogP contribution in [-0.4, -0.2) is 18.3 Å². The standard InChI is InChI=1S/C14H18FNS/c1-3-5-6-13(16-4-2)11-17-14-9-7-12(15)8-10-14/h1,7-10,13,16H,4-6,11H2,2H3. The Kier molecular flexibility index (Phi) is 6.76. The van der Waals surface area contributed by atoms with E-state index in [1.807, 2.05) is 12.1 Å². The highest BCUT2D eigenvalue weighted by Gasteiger charge is 2.07. The number of hydrogen-bond acceptors (Lipinski definition) is 2. The normalized spacial score (nSPS) is 12.1. The van der Waals surface area contributed by atoms with Gasteiger partial charge in [0, 0.05) is 23.1 Å². The van der Waals surface area contributed by atoms with Gasteiger partial charge in [-0.15, -0.1) is 24.1 Å². The summed E-state index contributed by atoms with van der Waals surface area (Å²) in [6.45, 7) is 3.03. The zero-order valence-corrected chi connectivity index (χ0v) is 10.9. The summed E-state index contributed by atoms with van der Waals surface area (Å²) < 4.78 is 12.7. The summed E-state index contributed by atoms with van der Waals surface area (Å²) in [4.78, 5) is 1.09. The maximum Gasteiger partial charge on any atom is 0.123 e. The summed E-state index contributed by atoms with van der Waals surface area (Å²) in [5.74, 6) is 3.43. The van der Waals surface area contributed by atoms with Gasteiger partial charge < -0.3 is 5.32 Å². The molecule has 0 aliphatic carbocycles. The van der Waals surface area contributed by atoms with Crippen molar-refractivity contribution in [3.05, 3.63) is 30.1 Å². The molecule has 1 aromatic rings. The summed E-state index contributed by atoms with van der Waals surface area (Å²) in [6.07, 6.45) is 7.05. The zero-order valence-electron chi connectivity index (χ0n) is 10.1. The minimum absolute atomic E-state index is 0.190. The Labute approximate surface area is 107 Å². The van der Waals surface area contributed by atoms with Crippen LogP contribution in [0.1, 0.15) is 19.8 Å². The number of hydrogen-bond donors (Lipinski definition) is 1. The number of thioether (sulfide) groups is 1. The van der Waals surface area contributed by atoms with E-state index in [1.54, 1.807) is 11.8 Å². The second-order valence-corrected chi connectivity index (χ2v) is 4.86. The minimum Gasteiger partial charge on any atom is -0.313 e. The summed E-state index contributed by atoms with van der Waals surface area (Å²) in [7, 11) is 0. The van der Waals surface area contributed by atoms with Crippen LogP contribution in [0.2, 0.25) is 0 Å². The smallest absolute Gasteiger partial charge is 0.123 e. The van der Waals surface area contributed by atoms with E-state index >= 15 is 0 Å². The molecular weight excluding hydrogens is 233 g/mol. The second kappa shape index (κ2) is 8.16. The number of terminal acetylenes is 1. The van der Waals surface area contributed by atoms with Gasteiger partial charge in [0.2, 0.25) is 0 Å². The van der Waals surface area contributed by atoms with Crippen molar-refractivity contribution >= 4 is 11.8 Å². The Bertz CT molecular complexity index is 355. The van der Waals surface area contributed by atoms with E-state index in [-0.39, 0.29) is 5.82 Å². The first kappa shape index (κ1) is 14.1. The zero-order chi connectivity index (χ0) is 12.5. The van der Waals surface area contributed by atoms with Crippen molar-refractivity contribution in [1.82, 2.24) is 5.32 Å². The molecule has 3 heteroatoms. The van der Waals surface area contributed by atoms with Crippen molar-refractivity contribution in [3.63, 3.8) is 0 Å². The maximum atomic E-state index is 12.7. The van der Waals surface area contributed by atoms with Gasteiger partial charge >= 0.3 is 0 Å². The van der Waals surface area contributed by atoms with Gasteiger partial charge in [-0.05, 0) is 37.2 Å². The third-order valence-corrected chi connectivity index (χ3v) is 3.57. The molecule has 1 N–H and O–H groups in total. The van der Waals surface area contributed by atoms with Crippen LogP contribution in [0.15, 0.2) is 29.2 Å². The fourth-order valence-electron chi connectivity index (χ4n) is 1.52. The molecule has 0 fully saturated rings. The van der Waals surface area contributed by atoms with E-state index in [2.05, 4.69) is 18.2 Å². The van der Waals surface area contributed by atoms with Crippen molar-refractivity contribution in [2.24, 2.45) is 0 Å². The highest BCUT2D eigenvalue weighted by Crippen LogP contribution is 2.20. The lowest BCUT2D eigenvalue weighted by molar-refractivity contribution is 0.545. The molecule has 0 radical (unpaired) electrons. The highest BCUT2D eigenvalue weighted by molar-refractivity contribution is 7.99. The van der Waals surface area contributed by atoms with Crippen LogP contribution >= 0.6 is 11.8 Å². The molecule has 92 valence electrons. The summed E-state index contributed by atoms with van der Waals surface area (Å²) in [5, 5.41) is 3.41. The Morgan fingerprint density at radius 3 is 2.71 bits per heavy atom. The first-order valence-corrected chi connectivity index (χ1v) is 6.80. The minimum atomic E-state index is -0.190. The van der Waals surface area contributed by atoms with Crippen molar-refractivity contribution in [2.75, 3.05) is 12.3 Å². The van der Waals surface area contributed by atoms with Crippen LogP contribution in [0.4, 0.5) is 4.39 Å². The quantitative estimate of drug-likeness (QED) is 0.589. The fourth-order valence-corrected chi connectivity index (χ4v) is 2.52. The average Bonchev–Trinajstić information content (AvgIpc) is 2.35.